The molecule has 0 atom stereocenters. The number of anilines is 1. The maximum Gasteiger partial charge on any atom is 0.170 e. The molecule has 1 aliphatic rings. The summed E-state index contributed by atoms with van der Waals surface area (Å²) in [6.07, 6.45) is 0. The van der Waals surface area contributed by atoms with Crippen molar-refractivity contribution in [3.63, 3.8) is 0 Å². The molecule has 1 heterocycles. The lowest BCUT2D eigenvalue weighted by molar-refractivity contribution is 0.0342. The zero-order valence-electron chi connectivity index (χ0n) is 14.8. The number of benzene rings is 2. The molecule has 4 nitrogen and oxygen atoms in total. The van der Waals surface area contributed by atoms with E-state index in [1.165, 1.54) is 10.5 Å². The van der Waals surface area contributed by atoms with Crippen molar-refractivity contribution in [3.8, 4) is 0 Å². The van der Waals surface area contributed by atoms with Gasteiger partial charge in [-0.05, 0) is 42.0 Å². The molecule has 0 unspecified atom stereocenters. The minimum absolute atomic E-state index is 0.666. The second-order valence-electron chi connectivity index (χ2n) is 6.13. The number of morpholine rings is 1. The molecular weight excluding hydrogens is 362 g/mol. The van der Waals surface area contributed by atoms with Crippen LogP contribution in [0.2, 0.25) is 0 Å². The van der Waals surface area contributed by atoms with Crippen LogP contribution in [-0.4, -0.2) is 48.6 Å². The summed E-state index contributed by atoms with van der Waals surface area (Å²) >= 11 is 7.20. The highest BCUT2D eigenvalue weighted by Gasteiger charge is 2.10. The van der Waals surface area contributed by atoms with Gasteiger partial charge in [0.1, 0.15) is 0 Å². The molecular formula is C20H25N3OS2. The van der Waals surface area contributed by atoms with Crippen molar-refractivity contribution in [1.82, 2.24) is 10.2 Å². The first-order valence-corrected chi connectivity index (χ1v) is 10.3. The van der Waals surface area contributed by atoms with Crippen molar-refractivity contribution in [2.45, 2.75) is 11.4 Å². The van der Waals surface area contributed by atoms with Crippen LogP contribution in [0.3, 0.4) is 0 Å². The minimum Gasteiger partial charge on any atom is -0.379 e. The van der Waals surface area contributed by atoms with E-state index in [9.17, 15) is 0 Å². The Morgan fingerprint density at radius 2 is 1.77 bits per heavy atom. The molecule has 0 saturated carbocycles. The first-order chi connectivity index (χ1) is 12.8. The van der Waals surface area contributed by atoms with Crippen LogP contribution < -0.4 is 10.6 Å². The standard InChI is InChI=1S/C20H25N3OS2/c25-20(21-10-15-26-19-4-2-1-3-5-19)22-18-8-6-17(7-9-18)16-23-11-13-24-14-12-23/h1-9H,10-16H2,(H2,21,22,25). The van der Waals surface area contributed by atoms with E-state index in [4.69, 9.17) is 17.0 Å². The predicted octanol–water partition coefficient (Wildman–Crippen LogP) is 3.60. The summed E-state index contributed by atoms with van der Waals surface area (Å²) < 4.78 is 5.39. The SMILES string of the molecule is S=C(NCCSc1ccccc1)Nc1ccc(CN2CCOCC2)cc1. The molecule has 1 fully saturated rings. The lowest BCUT2D eigenvalue weighted by Crippen LogP contribution is -2.35. The number of thiocarbonyl (C=S) groups is 1. The Kier molecular flexibility index (Phi) is 7.76. The fourth-order valence-corrected chi connectivity index (χ4v) is 3.75. The van der Waals surface area contributed by atoms with Gasteiger partial charge in [-0.25, -0.2) is 0 Å². The van der Waals surface area contributed by atoms with Gasteiger partial charge in [0.05, 0.1) is 13.2 Å². The summed E-state index contributed by atoms with van der Waals surface area (Å²) in [5.41, 5.74) is 2.33. The van der Waals surface area contributed by atoms with Crippen molar-refractivity contribution in [3.05, 3.63) is 60.2 Å². The Morgan fingerprint density at radius 3 is 2.50 bits per heavy atom. The van der Waals surface area contributed by atoms with Gasteiger partial charge in [-0.3, -0.25) is 4.90 Å². The van der Waals surface area contributed by atoms with Gasteiger partial charge in [-0.1, -0.05) is 30.3 Å². The Morgan fingerprint density at radius 1 is 1.04 bits per heavy atom. The lowest BCUT2D eigenvalue weighted by Gasteiger charge is -2.26. The van der Waals surface area contributed by atoms with Crippen molar-refractivity contribution < 1.29 is 4.74 Å². The molecule has 0 aliphatic carbocycles. The van der Waals surface area contributed by atoms with Gasteiger partial charge in [0.15, 0.2) is 5.11 Å². The molecule has 0 radical (unpaired) electrons. The lowest BCUT2D eigenvalue weighted by atomic mass is 10.2. The van der Waals surface area contributed by atoms with E-state index in [0.29, 0.717) is 5.11 Å². The fourth-order valence-electron chi connectivity index (χ4n) is 2.74. The highest BCUT2D eigenvalue weighted by Crippen LogP contribution is 2.16. The Balaban J connectivity index is 1.35. The topological polar surface area (TPSA) is 36.5 Å². The monoisotopic (exact) mass is 387 g/mol. The summed E-state index contributed by atoms with van der Waals surface area (Å²) in [6, 6.07) is 18.9. The average Bonchev–Trinajstić information content (AvgIpc) is 2.68. The maximum atomic E-state index is 5.39. The summed E-state index contributed by atoms with van der Waals surface area (Å²) in [5.74, 6) is 0.977. The molecule has 1 saturated heterocycles. The highest BCUT2D eigenvalue weighted by atomic mass is 32.2. The summed E-state index contributed by atoms with van der Waals surface area (Å²) in [4.78, 5) is 3.70. The molecule has 2 aromatic carbocycles. The number of thioether (sulfide) groups is 1. The molecule has 2 N–H and O–H groups in total. The van der Waals surface area contributed by atoms with E-state index >= 15 is 0 Å². The Labute approximate surface area is 165 Å². The van der Waals surface area contributed by atoms with E-state index < -0.39 is 0 Å². The third kappa shape index (κ3) is 6.61. The van der Waals surface area contributed by atoms with Crippen molar-refractivity contribution >= 4 is 34.8 Å². The number of nitrogens with zero attached hydrogens (tertiary/aromatic N) is 1. The van der Waals surface area contributed by atoms with Crippen LogP contribution in [0.15, 0.2) is 59.5 Å². The average molecular weight is 388 g/mol. The smallest absolute Gasteiger partial charge is 0.170 e. The largest absolute Gasteiger partial charge is 0.379 e. The molecule has 138 valence electrons. The van der Waals surface area contributed by atoms with Crippen LogP contribution >= 0.6 is 24.0 Å². The zero-order valence-corrected chi connectivity index (χ0v) is 16.5. The third-order valence-electron chi connectivity index (χ3n) is 4.12. The van der Waals surface area contributed by atoms with E-state index in [0.717, 1.165) is 50.8 Å². The molecule has 1 aliphatic heterocycles. The maximum absolute atomic E-state index is 5.39. The molecule has 0 spiro atoms. The van der Waals surface area contributed by atoms with Gasteiger partial charge in [0.25, 0.3) is 0 Å². The van der Waals surface area contributed by atoms with Crippen molar-refractivity contribution in [2.75, 3.05) is 43.9 Å². The van der Waals surface area contributed by atoms with Crippen LogP contribution in [-0.2, 0) is 11.3 Å². The highest BCUT2D eigenvalue weighted by molar-refractivity contribution is 7.99. The van der Waals surface area contributed by atoms with Crippen LogP contribution in [0.25, 0.3) is 0 Å². The molecule has 26 heavy (non-hydrogen) atoms. The van der Waals surface area contributed by atoms with E-state index in [1.807, 2.05) is 17.8 Å². The predicted molar refractivity (Wildman–Crippen MR) is 114 cm³/mol. The fraction of sp³-hybridized carbons (Fsp3) is 0.350. The normalized spacial score (nSPS) is 14.8. The zero-order chi connectivity index (χ0) is 18.0. The van der Waals surface area contributed by atoms with Crippen LogP contribution in [0.5, 0.6) is 0 Å². The van der Waals surface area contributed by atoms with Gasteiger partial charge in [-0.2, -0.15) is 0 Å². The number of hydrogen-bond acceptors (Lipinski definition) is 4. The van der Waals surface area contributed by atoms with E-state index in [2.05, 4.69) is 64.1 Å². The molecule has 0 bridgehead atoms. The quantitative estimate of drug-likeness (QED) is 0.430. The molecule has 0 aromatic heterocycles. The summed E-state index contributed by atoms with van der Waals surface area (Å²) in [5, 5.41) is 7.17. The second kappa shape index (κ2) is 10.5. The first kappa shape index (κ1) is 19.2. The van der Waals surface area contributed by atoms with Gasteiger partial charge in [0.2, 0.25) is 0 Å². The van der Waals surface area contributed by atoms with Gasteiger partial charge >= 0.3 is 0 Å². The molecule has 2 aromatic rings. The molecule has 6 heteroatoms. The van der Waals surface area contributed by atoms with Gasteiger partial charge in [-0.15, -0.1) is 11.8 Å². The number of rotatable bonds is 7. The van der Waals surface area contributed by atoms with E-state index in [1.54, 1.807) is 0 Å². The number of nitrogens with one attached hydrogen (secondary N) is 2. The van der Waals surface area contributed by atoms with Gasteiger partial charge < -0.3 is 15.4 Å². The second-order valence-corrected chi connectivity index (χ2v) is 7.70. The number of hydrogen-bond donors (Lipinski definition) is 2. The van der Waals surface area contributed by atoms with Crippen LogP contribution in [0.4, 0.5) is 5.69 Å². The van der Waals surface area contributed by atoms with E-state index in [-0.39, 0.29) is 0 Å². The molecule has 3 rings (SSSR count). The van der Waals surface area contributed by atoms with Gasteiger partial charge in [0, 0.05) is 42.5 Å². The summed E-state index contributed by atoms with van der Waals surface area (Å²) in [7, 11) is 0. The van der Waals surface area contributed by atoms with Crippen molar-refractivity contribution in [1.29, 1.82) is 0 Å². The Hall–Kier alpha value is -1.60. The third-order valence-corrected chi connectivity index (χ3v) is 5.38. The van der Waals surface area contributed by atoms with Crippen LogP contribution in [0, 0.1) is 0 Å². The van der Waals surface area contributed by atoms with Crippen molar-refractivity contribution in [2.24, 2.45) is 0 Å². The van der Waals surface area contributed by atoms with Crippen LogP contribution in [0.1, 0.15) is 5.56 Å². The summed E-state index contributed by atoms with van der Waals surface area (Å²) in [6.45, 7) is 5.50. The first-order valence-electron chi connectivity index (χ1n) is 8.91. The Bertz CT molecular complexity index is 673. The minimum atomic E-state index is 0.666. The number of ether oxygens (including phenoxy) is 1. The molecule has 0 amide bonds.